The summed E-state index contributed by atoms with van der Waals surface area (Å²) in [6.45, 7) is 2.89. The Morgan fingerprint density at radius 2 is 2.17 bits per heavy atom. The Labute approximate surface area is 122 Å². The third-order valence-electron chi connectivity index (χ3n) is 2.53. The Morgan fingerprint density at radius 1 is 1.39 bits per heavy atom. The van der Waals surface area contributed by atoms with E-state index >= 15 is 0 Å². The number of aryl methyl sites for hydroxylation is 1. The first-order valence-corrected chi connectivity index (χ1v) is 7.17. The van der Waals surface area contributed by atoms with Gasteiger partial charge in [-0.05, 0) is 44.3 Å². The zero-order valence-electron chi connectivity index (χ0n) is 9.85. The maximum Gasteiger partial charge on any atom is 0.0925 e. The Morgan fingerprint density at radius 3 is 2.83 bits per heavy atom. The summed E-state index contributed by atoms with van der Waals surface area (Å²) in [7, 11) is 0. The van der Waals surface area contributed by atoms with Crippen LogP contribution < -0.4 is 5.73 Å². The summed E-state index contributed by atoms with van der Waals surface area (Å²) >= 11 is 6.84. The molecule has 0 radical (unpaired) electrons. The van der Waals surface area contributed by atoms with Crippen molar-refractivity contribution in [2.45, 2.75) is 25.9 Å². The predicted molar refractivity (Wildman–Crippen MR) is 76.0 cm³/mol. The van der Waals surface area contributed by atoms with Crippen molar-refractivity contribution in [3.05, 3.63) is 38.8 Å². The number of pyridine rings is 1. The molecule has 0 aliphatic carbocycles. The number of nitrogens with zero attached hydrogens (tertiary/aromatic N) is 4. The van der Waals surface area contributed by atoms with Crippen LogP contribution in [0.1, 0.15) is 30.8 Å². The molecule has 0 bridgehead atoms. The normalized spacial score (nSPS) is 12.7. The van der Waals surface area contributed by atoms with Crippen LogP contribution in [-0.4, -0.2) is 20.0 Å². The Bertz CT molecular complexity index is 540. The van der Waals surface area contributed by atoms with E-state index in [1.54, 1.807) is 12.4 Å². The lowest BCUT2D eigenvalue weighted by Crippen LogP contribution is -2.19. The first-order valence-electron chi connectivity index (χ1n) is 5.58. The molecule has 1 unspecified atom stereocenters. The van der Waals surface area contributed by atoms with Gasteiger partial charge in [0.2, 0.25) is 0 Å². The van der Waals surface area contributed by atoms with Crippen LogP contribution in [0.15, 0.2) is 27.4 Å². The molecule has 5 nitrogen and oxygen atoms in total. The first kappa shape index (κ1) is 13.6. The van der Waals surface area contributed by atoms with Crippen molar-refractivity contribution >= 4 is 31.9 Å². The van der Waals surface area contributed by atoms with Gasteiger partial charge in [-0.1, -0.05) is 12.1 Å². The van der Waals surface area contributed by atoms with Crippen molar-refractivity contribution < 1.29 is 0 Å². The van der Waals surface area contributed by atoms with Crippen molar-refractivity contribution in [1.82, 2.24) is 20.0 Å². The summed E-state index contributed by atoms with van der Waals surface area (Å²) in [5, 5.41) is 7.95. The lowest BCUT2D eigenvalue weighted by molar-refractivity contribution is 0.541. The molecule has 0 aromatic carbocycles. The van der Waals surface area contributed by atoms with Gasteiger partial charge in [-0.3, -0.25) is 4.98 Å². The number of nitrogens with two attached hydrogens (primary N) is 1. The van der Waals surface area contributed by atoms with E-state index in [9.17, 15) is 0 Å². The van der Waals surface area contributed by atoms with Crippen LogP contribution >= 0.6 is 31.9 Å². The zero-order chi connectivity index (χ0) is 13.1. The summed E-state index contributed by atoms with van der Waals surface area (Å²) in [5.41, 5.74) is 7.88. The number of halogens is 2. The Balaban J connectivity index is 2.35. The molecule has 2 heterocycles. The lowest BCUT2D eigenvalue weighted by atomic mass is 10.1. The highest BCUT2D eigenvalue weighted by Crippen LogP contribution is 2.26. The first-order chi connectivity index (χ1) is 8.63. The molecule has 0 saturated heterocycles. The standard InChI is InChI=1S/C11H13Br2N5/c1-2-3-18-9(6-16-17-18)10(14)11-8(13)4-7(12)5-15-11/h4-6,10H,2-3,14H2,1H3. The second kappa shape index (κ2) is 5.90. The monoisotopic (exact) mass is 373 g/mol. The molecule has 7 heteroatoms. The highest BCUT2D eigenvalue weighted by molar-refractivity contribution is 9.11. The zero-order valence-corrected chi connectivity index (χ0v) is 13.0. The molecular formula is C11H13Br2N5. The molecule has 0 spiro atoms. The minimum Gasteiger partial charge on any atom is -0.318 e. The number of aromatic nitrogens is 4. The van der Waals surface area contributed by atoms with Crippen LogP contribution in [0.25, 0.3) is 0 Å². The molecule has 96 valence electrons. The third-order valence-corrected chi connectivity index (χ3v) is 3.60. The average Bonchev–Trinajstić information content (AvgIpc) is 2.77. The van der Waals surface area contributed by atoms with Gasteiger partial charge in [0.1, 0.15) is 0 Å². The summed E-state index contributed by atoms with van der Waals surface area (Å²) in [6.07, 6.45) is 4.41. The molecule has 2 N–H and O–H groups in total. The predicted octanol–water partition coefficient (Wildman–Crippen LogP) is 2.66. The van der Waals surface area contributed by atoms with Crippen LogP contribution in [0.3, 0.4) is 0 Å². The second-order valence-corrected chi connectivity index (χ2v) is 5.65. The van der Waals surface area contributed by atoms with Crippen LogP contribution in [0.4, 0.5) is 0 Å². The molecule has 2 aromatic rings. The van der Waals surface area contributed by atoms with E-state index in [1.165, 1.54) is 0 Å². The molecule has 0 saturated carbocycles. The van der Waals surface area contributed by atoms with Gasteiger partial charge >= 0.3 is 0 Å². The number of hydrogen-bond donors (Lipinski definition) is 1. The molecule has 0 amide bonds. The Hall–Kier alpha value is -0.790. The van der Waals surface area contributed by atoms with Crippen LogP contribution in [-0.2, 0) is 6.54 Å². The van der Waals surface area contributed by atoms with Crippen LogP contribution in [0.5, 0.6) is 0 Å². The number of hydrogen-bond acceptors (Lipinski definition) is 4. The maximum atomic E-state index is 6.23. The average molecular weight is 375 g/mol. The Kier molecular flexibility index (Phi) is 4.47. The van der Waals surface area contributed by atoms with E-state index in [2.05, 4.69) is 54.1 Å². The highest BCUT2D eigenvalue weighted by Gasteiger charge is 2.18. The third kappa shape index (κ3) is 2.78. The van der Waals surface area contributed by atoms with Crippen molar-refractivity contribution in [2.75, 3.05) is 0 Å². The molecule has 18 heavy (non-hydrogen) atoms. The molecule has 0 aliphatic rings. The van der Waals surface area contributed by atoms with Gasteiger partial charge in [-0.15, -0.1) is 5.10 Å². The molecule has 0 aliphatic heterocycles. The van der Waals surface area contributed by atoms with E-state index in [1.807, 2.05) is 10.7 Å². The van der Waals surface area contributed by atoms with Crippen LogP contribution in [0.2, 0.25) is 0 Å². The van der Waals surface area contributed by atoms with Gasteiger partial charge in [-0.25, -0.2) is 4.68 Å². The van der Waals surface area contributed by atoms with E-state index in [0.717, 1.165) is 33.3 Å². The second-order valence-electron chi connectivity index (χ2n) is 3.88. The fourth-order valence-corrected chi connectivity index (χ4v) is 2.92. The van der Waals surface area contributed by atoms with Crippen molar-refractivity contribution in [3.63, 3.8) is 0 Å². The fourth-order valence-electron chi connectivity index (χ4n) is 1.69. The molecule has 2 aromatic heterocycles. The minimum absolute atomic E-state index is 0.339. The summed E-state index contributed by atoms with van der Waals surface area (Å²) in [4.78, 5) is 4.35. The van der Waals surface area contributed by atoms with E-state index in [-0.39, 0.29) is 6.04 Å². The molecule has 2 rings (SSSR count). The van der Waals surface area contributed by atoms with E-state index in [0.29, 0.717) is 0 Å². The van der Waals surface area contributed by atoms with Gasteiger partial charge in [0, 0.05) is 21.7 Å². The van der Waals surface area contributed by atoms with E-state index < -0.39 is 0 Å². The SMILES string of the molecule is CCCn1nncc1C(N)c1ncc(Br)cc1Br. The highest BCUT2D eigenvalue weighted by atomic mass is 79.9. The molecule has 1 atom stereocenters. The van der Waals surface area contributed by atoms with Gasteiger partial charge < -0.3 is 5.73 Å². The summed E-state index contributed by atoms with van der Waals surface area (Å²) < 4.78 is 3.60. The van der Waals surface area contributed by atoms with Crippen molar-refractivity contribution in [2.24, 2.45) is 5.73 Å². The summed E-state index contributed by atoms with van der Waals surface area (Å²) in [6, 6.07) is 1.59. The lowest BCUT2D eigenvalue weighted by Gasteiger charge is -2.14. The smallest absolute Gasteiger partial charge is 0.0925 e. The van der Waals surface area contributed by atoms with Gasteiger partial charge in [-0.2, -0.15) is 0 Å². The maximum absolute atomic E-state index is 6.23. The van der Waals surface area contributed by atoms with Gasteiger partial charge in [0.05, 0.1) is 23.6 Å². The van der Waals surface area contributed by atoms with Gasteiger partial charge in [0.15, 0.2) is 0 Å². The molecule has 0 fully saturated rings. The van der Waals surface area contributed by atoms with Gasteiger partial charge in [0.25, 0.3) is 0 Å². The van der Waals surface area contributed by atoms with E-state index in [4.69, 9.17) is 5.73 Å². The molecular weight excluding hydrogens is 362 g/mol. The topological polar surface area (TPSA) is 69.6 Å². The quantitative estimate of drug-likeness (QED) is 0.892. The van der Waals surface area contributed by atoms with Crippen LogP contribution in [0, 0.1) is 0 Å². The number of rotatable bonds is 4. The van der Waals surface area contributed by atoms with Crippen molar-refractivity contribution in [1.29, 1.82) is 0 Å². The van der Waals surface area contributed by atoms with Crippen molar-refractivity contribution in [3.8, 4) is 0 Å². The largest absolute Gasteiger partial charge is 0.318 e. The summed E-state index contributed by atoms with van der Waals surface area (Å²) in [5.74, 6) is 0. The minimum atomic E-state index is -0.339. The fraction of sp³-hybridized carbons (Fsp3) is 0.364.